The van der Waals surface area contributed by atoms with Gasteiger partial charge in [0.15, 0.2) is 5.13 Å². The van der Waals surface area contributed by atoms with Crippen molar-refractivity contribution in [3.63, 3.8) is 0 Å². The maximum absolute atomic E-state index is 13.2. The minimum atomic E-state index is -0.741. The smallest absolute Gasteiger partial charge is 0.257 e. The fourth-order valence-electron chi connectivity index (χ4n) is 4.05. The molecule has 2 aromatic rings. The van der Waals surface area contributed by atoms with Crippen LogP contribution in [-0.2, 0) is 9.59 Å². The summed E-state index contributed by atoms with van der Waals surface area (Å²) >= 11 is 1.40. The molecule has 4 rings (SSSR count). The standard InChI is InChI=1S/C21H24N4O3S/c1-13(2)15-12-29-20(22-15)23-17(26)9-11-24-19(28)14-6-4-5-7-16(14)25-18(27)8-10-21(24,25)3/h4-7,12-13H,8-11H2,1-3H3,(H,22,23,26). The molecule has 1 unspecified atom stereocenters. The van der Waals surface area contributed by atoms with Crippen molar-refractivity contribution < 1.29 is 14.4 Å². The van der Waals surface area contributed by atoms with E-state index in [1.807, 2.05) is 24.4 Å². The molecule has 3 heterocycles. The number of aromatic nitrogens is 1. The predicted molar refractivity (Wildman–Crippen MR) is 112 cm³/mol. The second-order valence-electron chi connectivity index (χ2n) is 7.95. The number of benzene rings is 1. The number of hydrogen-bond donors (Lipinski definition) is 1. The minimum absolute atomic E-state index is 0.00546. The number of nitrogens with zero attached hydrogens (tertiary/aromatic N) is 3. The van der Waals surface area contributed by atoms with Gasteiger partial charge in [0.1, 0.15) is 5.66 Å². The molecule has 152 valence electrons. The number of amides is 3. The Labute approximate surface area is 173 Å². The molecule has 3 amide bonds. The summed E-state index contributed by atoms with van der Waals surface area (Å²) in [7, 11) is 0. The Morgan fingerprint density at radius 3 is 2.79 bits per heavy atom. The van der Waals surface area contributed by atoms with E-state index in [0.717, 1.165) is 5.69 Å². The van der Waals surface area contributed by atoms with E-state index in [2.05, 4.69) is 24.1 Å². The van der Waals surface area contributed by atoms with Gasteiger partial charge >= 0.3 is 0 Å². The average molecular weight is 413 g/mol. The lowest BCUT2D eigenvalue weighted by atomic mass is 9.98. The number of fused-ring (bicyclic) bond motifs is 3. The van der Waals surface area contributed by atoms with Crippen molar-refractivity contribution in [3.8, 4) is 0 Å². The van der Waals surface area contributed by atoms with Crippen LogP contribution < -0.4 is 10.2 Å². The zero-order valence-corrected chi connectivity index (χ0v) is 17.6. The second-order valence-corrected chi connectivity index (χ2v) is 8.81. The molecule has 8 heteroatoms. The fourth-order valence-corrected chi connectivity index (χ4v) is 4.93. The lowest BCUT2D eigenvalue weighted by Gasteiger charge is -2.48. The summed E-state index contributed by atoms with van der Waals surface area (Å²) < 4.78 is 0. The number of carbonyl (C=O) groups excluding carboxylic acids is 3. The summed E-state index contributed by atoms with van der Waals surface area (Å²) in [6.07, 6.45) is 1.08. The molecular formula is C21H24N4O3S. The molecule has 1 N–H and O–H groups in total. The van der Waals surface area contributed by atoms with Crippen LogP contribution in [0.25, 0.3) is 0 Å². The highest BCUT2D eigenvalue weighted by Crippen LogP contribution is 2.43. The van der Waals surface area contributed by atoms with Crippen LogP contribution in [0.1, 0.15) is 62.0 Å². The average Bonchev–Trinajstić information content (AvgIpc) is 3.26. The Morgan fingerprint density at radius 1 is 1.31 bits per heavy atom. The zero-order chi connectivity index (χ0) is 20.8. The van der Waals surface area contributed by atoms with E-state index < -0.39 is 5.66 Å². The van der Waals surface area contributed by atoms with Gasteiger partial charge in [0.25, 0.3) is 5.91 Å². The quantitative estimate of drug-likeness (QED) is 0.814. The van der Waals surface area contributed by atoms with Crippen LogP contribution in [-0.4, -0.2) is 39.8 Å². The van der Waals surface area contributed by atoms with E-state index in [0.29, 0.717) is 35.1 Å². The van der Waals surface area contributed by atoms with Crippen molar-refractivity contribution >= 4 is 39.9 Å². The van der Waals surface area contributed by atoms with Crippen LogP contribution in [0.4, 0.5) is 10.8 Å². The number of nitrogens with one attached hydrogen (secondary N) is 1. The molecule has 29 heavy (non-hydrogen) atoms. The van der Waals surface area contributed by atoms with Gasteiger partial charge in [-0.3, -0.25) is 19.3 Å². The first kappa shape index (κ1) is 19.6. The lowest BCUT2D eigenvalue weighted by molar-refractivity contribution is -0.117. The largest absolute Gasteiger partial charge is 0.315 e. The van der Waals surface area contributed by atoms with E-state index >= 15 is 0 Å². The van der Waals surface area contributed by atoms with Crippen LogP contribution in [0, 0.1) is 0 Å². The van der Waals surface area contributed by atoms with E-state index in [4.69, 9.17) is 0 Å². The summed E-state index contributed by atoms with van der Waals surface area (Å²) in [5.74, 6) is -0.0290. The summed E-state index contributed by atoms with van der Waals surface area (Å²) in [5, 5.41) is 5.33. The number of rotatable bonds is 5. The van der Waals surface area contributed by atoms with Gasteiger partial charge in [-0.1, -0.05) is 26.0 Å². The van der Waals surface area contributed by atoms with Gasteiger partial charge in [-0.15, -0.1) is 11.3 Å². The second kappa shape index (κ2) is 7.26. The van der Waals surface area contributed by atoms with Crippen molar-refractivity contribution in [2.24, 2.45) is 0 Å². The molecule has 1 aromatic carbocycles. The molecule has 0 aliphatic carbocycles. The monoisotopic (exact) mass is 412 g/mol. The van der Waals surface area contributed by atoms with Crippen molar-refractivity contribution in [1.82, 2.24) is 9.88 Å². The third kappa shape index (κ3) is 3.31. The Hall–Kier alpha value is -2.74. The molecule has 2 aliphatic heterocycles. The number of anilines is 2. The number of carbonyl (C=O) groups is 3. The Bertz CT molecular complexity index is 986. The molecule has 0 radical (unpaired) electrons. The zero-order valence-electron chi connectivity index (χ0n) is 16.8. The molecular weight excluding hydrogens is 388 g/mol. The van der Waals surface area contributed by atoms with E-state index in [1.165, 1.54) is 11.3 Å². The molecule has 1 aromatic heterocycles. The SMILES string of the molecule is CC(C)c1csc(NC(=O)CCN2C(=O)c3ccccc3N3C(=O)CCC23C)n1. The lowest BCUT2D eigenvalue weighted by Crippen LogP contribution is -2.62. The summed E-state index contributed by atoms with van der Waals surface area (Å²) in [4.78, 5) is 46.0. The third-order valence-electron chi connectivity index (χ3n) is 5.67. The Morgan fingerprint density at radius 2 is 2.07 bits per heavy atom. The Balaban J connectivity index is 1.51. The molecule has 2 aliphatic rings. The van der Waals surface area contributed by atoms with E-state index in [9.17, 15) is 14.4 Å². The van der Waals surface area contributed by atoms with Crippen molar-refractivity contribution in [2.75, 3.05) is 16.8 Å². The highest BCUT2D eigenvalue weighted by molar-refractivity contribution is 7.13. The van der Waals surface area contributed by atoms with Gasteiger partial charge in [-0.05, 0) is 31.4 Å². The van der Waals surface area contributed by atoms with Gasteiger partial charge in [0, 0.05) is 24.8 Å². The molecule has 7 nitrogen and oxygen atoms in total. The highest BCUT2D eigenvalue weighted by Gasteiger charge is 2.52. The predicted octanol–water partition coefficient (Wildman–Crippen LogP) is 3.59. The van der Waals surface area contributed by atoms with Crippen molar-refractivity contribution in [1.29, 1.82) is 0 Å². The van der Waals surface area contributed by atoms with Crippen molar-refractivity contribution in [3.05, 3.63) is 40.9 Å². The van der Waals surface area contributed by atoms with Crippen LogP contribution >= 0.6 is 11.3 Å². The summed E-state index contributed by atoms with van der Waals surface area (Å²) in [6.45, 7) is 6.24. The first-order chi connectivity index (χ1) is 13.8. The summed E-state index contributed by atoms with van der Waals surface area (Å²) in [6, 6.07) is 7.17. The summed E-state index contributed by atoms with van der Waals surface area (Å²) in [5.41, 5.74) is 1.37. The van der Waals surface area contributed by atoms with Crippen molar-refractivity contribution in [2.45, 2.75) is 51.6 Å². The first-order valence-electron chi connectivity index (χ1n) is 9.80. The maximum Gasteiger partial charge on any atom is 0.257 e. The maximum atomic E-state index is 13.2. The van der Waals surface area contributed by atoms with Crippen LogP contribution in [0.15, 0.2) is 29.6 Å². The number of thiazole rings is 1. The Kier molecular flexibility index (Phi) is 4.90. The van der Waals surface area contributed by atoms with E-state index in [-0.39, 0.29) is 30.7 Å². The minimum Gasteiger partial charge on any atom is -0.315 e. The van der Waals surface area contributed by atoms with Gasteiger partial charge in [0.2, 0.25) is 11.8 Å². The highest BCUT2D eigenvalue weighted by atomic mass is 32.1. The number of para-hydroxylation sites is 1. The van der Waals surface area contributed by atoms with Crippen LogP contribution in [0.2, 0.25) is 0 Å². The normalized spacial score (nSPS) is 20.8. The molecule has 1 fully saturated rings. The van der Waals surface area contributed by atoms with Gasteiger partial charge in [-0.2, -0.15) is 0 Å². The number of hydrogen-bond acceptors (Lipinski definition) is 5. The van der Waals surface area contributed by atoms with Gasteiger partial charge in [0.05, 0.1) is 16.9 Å². The fraction of sp³-hybridized carbons (Fsp3) is 0.429. The molecule has 0 bridgehead atoms. The van der Waals surface area contributed by atoms with Crippen LogP contribution in [0.5, 0.6) is 0 Å². The molecule has 0 spiro atoms. The van der Waals surface area contributed by atoms with Gasteiger partial charge < -0.3 is 10.2 Å². The van der Waals surface area contributed by atoms with Crippen LogP contribution in [0.3, 0.4) is 0 Å². The third-order valence-corrected chi connectivity index (χ3v) is 6.44. The van der Waals surface area contributed by atoms with E-state index in [1.54, 1.807) is 21.9 Å². The first-order valence-corrected chi connectivity index (χ1v) is 10.7. The van der Waals surface area contributed by atoms with Gasteiger partial charge in [-0.25, -0.2) is 4.98 Å². The topological polar surface area (TPSA) is 82.6 Å². The molecule has 1 atom stereocenters. The molecule has 1 saturated heterocycles. The molecule has 0 saturated carbocycles.